The summed E-state index contributed by atoms with van der Waals surface area (Å²) in [7, 11) is 3.50. The molecule has 1 unspecified atom stereocenters. The largest absolute Gasteiger partial charge is 0.381 e. The van der Waals surface area contributed by atoms with Gasteiger partial charge in [0.05, 0.1) is 0 Å². The molecule has 0 saturated carbocycles. The number of carbonyl (C=O) groups is 1. The van der Waals surface area contributed by atoms with E-state index in [1.54, 1.807) is 19.0 Å². The van der Waals surface area contributed by atoms with Gasteiger partial charge in [-0.25, -0.2) is 0 Å². The third-order valence-corrected chi connectivity index (χ3v) is 2.63. The molecule has 1 amide bonds. The zero-order chi connectivity index (χ0) is 12.8. The molecule has 0 aliphatic carbocycles. The van der Waals surface area contributed by atoms with Gasteiger partial charge in [0, 0.05) is 38.8 Å². The fourth-order valence-electron chi connectivity index (χ4n) is 1.47. The maximum atomic E-state index is 11.6. The third-order valence-electron chi connectivity index (χ3n) is 2.63. The maximum absolute atomic E-state index is 11.6. The van der Waals surface area contributed by atoms with Crippen molar-refractivity contribution >= 4 is 11.6 Å². The van der Waals surface area contributed by atoms with Crippen molar-refractivity contribution in [1.29, 1.82) is 0 Å². The van der Waals surface area contributed by atoms with Crippen molar-refractivity contribution in [3.63, 3.8) is 0 Å². The van der Waals surface area contributed by atoms with Gasteiger partial charge in [-0.05, 0) is 19.1 Å². The molecule has 0 bridgehead atoms. The first kappa shape index (κ1) is 13.5. The van der Waals surface area contributed by atoms with Crippen LogP contribution in [-0.2, 0) is 4.79 Å². The van der Waals surface area contributed by atoms with E-state index in [1.165, 1.54) is 5.56 Å². The number of anilines is 1. The van der Waals surface area contributed by atoms with Crippen LogP contribution in [0.4, 0.5) is 5.69 Å². The van der Waals surface area contributed by atoms with Crippen molar-refractivity contribution in [2.45, 2.75) is 19.4 Å². The molecule has 3 N–H and O–H groups in total. The normalized spacial score (nSPS) is 12.0. The second-order valence-electron chi connectivity index (χ2n) is 4.44. The first-order valence-corrected chi connectivity index (χ1v) is 5.76. The van der Waals surface area contributed by atoms with E-state index in [-0.39, 0.29) is 11.9 Å². The second-order valence-corrected chi connectivity index (χ2v) is 4.44. The number of carbonyl (C=O) groups excluding carboxylic acids is 1. The van der Waals surface area contributed by atoms with E-state index in [2.05, 4.69) is 5.32 Å². The zero-order valence-electron chi connectivity index (χ0n) is 10.7. The van der Waals surface area contributed by atoms with Crippen LogP contribution in [0.2, 0.25) is 0 Å². The van der Waals surface area contributed by atoms with Crippen LogP contribution in [0.25, 0.3) is 0 Å². The Morgan fingerprint density at radius 3 is 2.41 bits per heavy atom. The molecular formula is C13H21N3O. The van der Waals surface area contributed by atoms with E-state index in [4.69, 9.17) is 5.73 Å². The predicted molar refractivity (Wildman–Crippen MR) is 71.0 cm³/mol. The predicted octanol–water partition coefficient (Wildman–Crippen LogP) is 1.21. The number of nitrogens with zero attached hydrogens (tertiary/aromatic N) is 1. The number of aryl methyl sites for hydroxylation is 1. The number of amides is 1. The Kier molecular flexibility index (Phi) is 4.97. The van der Waals surface area contributed by atoms with E-state index in [9.17, 15) is 4.79 Å². The van der Waals surface area contributed by atoms with Crippen LogP contribution >= 0.6 is 0 Å². The van der Waals surface area contributed by atoms with E-state index in [0.717, 1.165) is 5.69 Å². The summed E-state index contributed by atoms with van der Waals surface area (Å²) < 4.78 is 0. The molecule has 1 aromatic rings. The highest BCUT2D eigenvalue weighted by atomic mass is 16.2. The molecule has 0 aromatic heterocycles. The first-order chi connectivity index (χ1) is 8.02. The Morgan fingerprint density at radius 1 is 1.35 bits per heavy atom. The van der Waals surface area contributed by atoms with Gasteiger partial charge in [0.2, 0.25) is 5.91 Å². The van der Waals surface area contributed by atoms with Crippen LogP contribution in [0.5, 0.6) is 0 Å². The smallest absolute Gasteiger partial charge is 0.224 e. The van der Waals surface area contributed by atoms with Crippen molar-refractivity contribution in [2.75, 3.05) is 26.0 Å². The first-order valence-electron chi connectivity index (χ1n) is 5.76. The molecule has 0 spiro atoms. The van der Waals surface area contributed by atoms with E-state index in [0.29, 0.717) is 13.0 Å². The van der Waals surface area contributed by atoms with Crippen LogP contribution in [0.1, 0.15) is 12.0 Å². The van der Waals surface area contributed by atoms with E-state index >= 15 is 0 Å². The van der Waals surface area contributed by atoms with Gasteiger partial charge in [-0.1, -0.05) is 17.7 Å². The number of nitrogens with one attached hydrogen (secondary N) is 1. The molecule has 0 fully saturated rings. The van der Waals surface area contributed by atoms with Gasteiger partial charge in [-0.3, -0.25) is 4.79 Å². The number of benzene rings is 1. The Balaban J connectivity index is 2.57. The van der Waals surface area contributed by atoms with E-state index < -0.39 is 0 Å². The summed E-state index contributed by atoms with van der Waals surface area (Å²) in [5, 5.41) is 3.27. The van der Waals surface area contributed by atoms with Crippen molar-refractivity contribution in [1.82, 2.24) is 4.90 Å². The van der Waals surface area contributed by atoms with Crippen molar-refractivity contribution in [2.24, 2.45) is 5.73 Å². The topological polar surface area (TPSA) is 58.4 Å². The Bertz CT molecular complexity index is 359. The van der Waals surface area contributed by atoms with Crippen LogP contribution in [-0.4, -0.2) is 37.5 Å². The van der Waals surface area contributed by atoms with Gasteiger partial charge in [0.15, 0.2) is 0 Å². The maximum Gasteiger partial charge on any atom is 0.224 e. The molecule has 0 radical (unpaired) electrons. The van der Waals surface area contributed by atoms with Gasteiger partial charge in [-0.15, -0.1) is 0 Å². The minimum absolute atomic E-state index is 0.0207. The molecule has 1 rings (SSSR count). The highest BCUT2D eigenvalue weighted by Gasteiger charge is 2.13. The fourth-order valence-corrected chi connectivity index (χ4v) is 1.47. The molecule has 0 aliphatic rings. The highest BCUT2D eigenvalue weighted by molar-refractivity contribution is 5.76. The number of hydrogen-bond acceptors (Lipinski definition) is 3. The fraction of sp³-hybridized carbons (Fsp3) is 0.462. The molecule has 0 saturated heterocycles. The highest BCUT2D eigenvalue weighted by Crippen LogP contribution is 2.11. The van der Waals surface area contributed by atoms with Crippen LogP contribution < -0.4 is 11.1 Å². The van der Waals surface area contributed by atoms with Crippen LogP contribution in [0.3, 0.4) is 0 Å². The van der Waals surface area contributed by atoms with Crippen molar-refractivity contribution in [3.05, 3.63) is 29.8 Å². The van der Waals surface area contributed by atoms with Crippen molar-refractivity contribution < 1.29 is 4.79 Å². The van der Waals surface area contributed by atoms with E-state index in [1.807, 2.05) is 31.2 Å². The average Bonchev–Trinajstić information content (AvgIpc) is 2.30. The van der Waals surface area contributed by atoms with Gasteiger partial charge in [-0.2, -0.15) is 0 Å². The Morgan fingerprint density at radius 2 is 1.94 bits per heavy atom. The molecule has 17 heavy (non-hydrogen) atoms. The minimum atomic E-state index is -0.0207. The quantitative estimate of drug-likeness (QED) is 0.806. The molecule has 1 atom stereocenters. The van der Waals surface area contributed by atoms with Gasteiger partial charge in [0.1, 0.15) is 0 Å². The Hall–Kier alpha value is -1.55. The summed E-state index contributed by atoms with van der Waals surface area (Å²) in [6.07, 6.45) is 0.414. The average molecular weight is 235 g/mol. The standard InChI is InChI=1S/C13H21N3O/c1-10-4-6-11(7-5-10)15-12(9-14)8-13(17)16(2)3/h4-7,12,15H,8-9,14H2,1-3H3. The van der Waals surface area contributed by atoms with Crippen LogP contribution in [0.15, 0.2) is 24.3 Å². The molecule has 4 nitrogen and oxygen atoms in total. The molecule has 4 heteroatoms. The van der Waals surface area contributed by atoms with Gasteiger partial charge >= 0.3 is 0 Å². The van der Waals surface area contributed by atoms with Crippen LogP contribution in [0, 0.1) is 6.92 Å². The summed E-state index contributed by atoms with van der Waals surface area (Å²) in [6, 6.07) is 8.04. The summed E-state index contributed by atoms with van der Waals surface area (Å²) in [6.45, 7) is 2.48. The summed E-state index contributed by atoms with van der Waals surface area (Å²) in [5.74, 6) is 0.0834. The summed E-state index contributed by atoms with van der Waals surface area (Å²) >= 11 is 0. The lowest BCUT2D eigenvalue weighted by atomic mass is 10.1. The lowest BCUT2D eigenvalue weighted by molar-refractivity contribution is -0.128. The summed E-state index contributed by atoms with van der Waals surface area (Å²) in [5.41, 5.74) is 7.88. The molecule has 0 heterocycles. The lowest BCUT2D eigenvalue weighted by Crippen LogP contribution is -2.35. The van der Waals surface area contributed by atoms with Crippen molar-refractivity contribution in [3.8, 4) is 0 Å². The van der Waals surface area contributed by atoms with Gasteiger partial charge < -0.3 is 16.0 Å². The number of hydrogen-bond donors (Lipinski definition) is 2. The SMILES string of the molecule is Cc1ccc(NC(CN)CC(=O)N(C)C)cc1. The lowest BCUT2D eigenvalue weighted by Gasteiger charge is -2.20. The number of nitrogens with two attached hydrogens (primary N) is 1. The second kappa shape index (κ2) is 6.25. The molecule has 94 valence electrons. The number of rotatable bonds is 5. The zero-order valence-corrected chi connectivity index (χ0v) is 10.7. The Labute approximate surface area is 103 Å². The third kappa shape index (κ3) is 4.44. The minimum Gasteiger partial charge on any atom is -0.381 e. The monoisotopic (exact) mass is 235 g/mol. The molecule has 1 aromatic carbocycles. The van der Waals surface area contributed by atoms with Gasteiger partial charge in [0.25, 0.3) is 0 Å². The molecule has 0 aliphatic heterocycles. The molecular weight excluding hydrogens is 214 g/mol. The summed E-state index contributed by atoms with van der Waals surface area (Å²) in [4.78, 5) is 13.2.